The van der Waals surface area contributed by atoms with Gasteiger partial charge in [0.25, 0.3) is 5.69 Å². The van der Waals surface area contributed by atoms with Crippen LogP contribution in [0.3, 0.4) is 0 Å². The molecule has 0 radical (unpaired) electrons. The van der Waals surface area contributed by atoms with Crippen molar-refractivity contribution in [1.82, 2.24) is 0 Å². The topological polar surface area (TPSA) is 60.2 Å². The zero-order valence-electron chi connectivity index (χ0n) is 5.97. The second-order valence-electron chi connectivity index (χ2n) is 1.97. The first-order valence-corrected chi connectivity index (χ1v) is 3.97. The lowest BCUT2D eigenvalue weighted by Gasteiger charge is -1.92. The molecule has 0 fully saturated rings. The highest BCUT2D eigenvalue weighted by Crippen LogP contribution is 2.18. The van der Waals surface area contributed by atoms with Gasteiger partial charge in [-0.3, -0.25) is 14.9 Å². The third-order valence-electron chi connectivity index (χ3n) is 1.23. The van der Waals surface area contributed by atoms with Crippen molar-refractivity contribution in [3.8, 4) is 0 Å². The van der Waals surface area contributed by atoms with E-state index >= 15 is 0 Å². The summed E-state index contributed by atoms with van der Waals surface area (Å²) in [6, 6.07) is 5.81. The van der Waals surface area contributed by atoms with E-state index in [9.17, 15) is 14.9 Å². The minimum absolute atomic E-state index is 0.0326. The minimum atomic E-state index is -0.477. The smallest absolute Gasteiger partial charge is 0.269 e. The third-order valence-corrected chi connectivity index (χ3v) is 1.87. The molecule has 0 aliphatic carbocycles. The number of carbonyl (C=O) groups is 1. The maximum Gasteiger partial charge on any atom is 0.269 e. The Kier molecular flexibility index (Phi) is 2.82. The summed E-state index contributed by atoms with van der Waals surface area (Å²) >= 11 is 0.993. The van der Waals surface area contributed by atoms with Gasteiger partial charge in [0.2, 0.25) is 0 Å². The Morgan fingerprint density at radius 1 is 1.33 bits per heavy atom. The lowest BCUT2D eigenvalue weighted by molar-refractivity contribution is -0.384. The van der Waals surface area contributed by atoms with Crippen LogP contribution in [-0.4, -0.2) is 10.5 Å². The fourth-order valence-electron chi connectivity index (χ4n) is 0.702. The fourth-order valence-corrected chi connectivity index (χ4v) is 1.11. The summed E-state index contributed by atoms with van der Waals surface area (Å²) in [6.07, 6.45) is 0. The van der Waals surface area contributed by atoms with Crippen LogP contribution in [0.2, 0.25) is 0 Å². The van der Waals surface area contributed by atoms with Crippen LogP contribution in [0.15, 0.2) is 29.2 Å². The molecule has 0 atom stereocenters. The average molecular weight is 183 g/mol. The van der Waals surface area contributed by atoms with Crippen LogP contribution in [0.5, 0.6) is 0 Å². The maximum atomic E-state index is 10.2. The molecule has 0 amide bonds. The lowest BCUT2D eigenvalue weighted by Crippen LogP contribution is -1.86. The minimum Gasteiger partial charge on any atom is -0.291 e. The number of nitro groups is 1. The molecule has 0 aromatic heterocycles. The highest BCUT2D eigenvalue weighted by atomic mass is 32.2. The molecule has 0 unspecified atom stereocenters. The highest BCUT2D eigenvalue weighted by molar-refractivity contribution is 8.11. The van der Waals surface area contributed by atoms with E-state index in [1.165, 1.54) is 24.3 Å². The Labute approximate surface area is 72.7 Å². The van der Waals surface area contributed by atoms with E-state index < -0.39 is 4.92 Å². The summed E-state index contributed by atoms with van der Waals surface area (Å²) in [7, 11) is 0. The van der Waals surface area contributed by atoms with Crippen LogP contribution in [0.25, 0.3) is 0 Å². The predicted octanol–water partition coefficient (Wildman–Crippen LogP) is 1.88. The van der Waals surface area contributed by atoms with Gasteiger partial charge in [-0.15, -0.1) is 0 Å². The number of benzene rings is 1. The van der Waals surface area contributed by atoms with Crippen molar-refractivity contribution in [1.29, 1.82) is 0 Å². The largest absolute Gasteiger partial charge is 0.291 e. The van der Waals surface area contributed by atoms with Gasteiger partial charge in [-0.1, -0.05) is 11.8 Å². The number of thioether (sulfide) groups is 1. The van der Waals surface area contributed by atoms with E-state index in [-0.39, 0.29) is 5.69 Å². The summed E-state index contributed by atoms with van der Waals surface area (Å²) in [4.78, 5) is 20.4. The number of nitrogens with zero attached hydrogens (tertiary/aromatic N) is 1. The quantitative estimate of drug-likeness (QED) is 0.310. The van der Waals surface area contributed by atoms with Crippen molar-refractivity contribution in [3.05, 3.63) is 34.4 Å². The second kappa shape index (κ2) is 3.87. The van der Waals surface area contributed by atoms with E-state index in [1.54, 1.807) is 0 Å². The molecule has 0 saturated heterocycles. The molecule has 0 bridgehead atoms. The fraction of sp³-hybridized carbons (Fsp3) is 0. The van der Waals surface area contributed by atoms with Crippen molar-refractivity contribution >= 4 is 23.1 Å². The van der Waals surface area contributed by atoms with Gasteiger partial charge in [-0.25, -0.2) is 0 Å². The molecule has 5 heteroatoms. The zero-order valence-corrected chi connectivity index (χ0v) is 6.78. The number of hydrogen-bond acceptors (Lipinski definition) is 4. The molecular formula is C7H5NO3S. The van der Waals surface area contributed by atoms with Gasteiger partial charge in [-0.05, 0) is 12.1 Å². The molecule has 62 valence electrons. The summed E-state index contributed by atoms with van der Waals surface area (Å²) in [5.41, 5.74) is 0.714. The van der Waals surface area contributed by atoms with Gasteiger partial charge in [-0.2, -0.15) is 0 Å². The molecule has 0 aliphatic heterocycles. The first-order chi connectivity index (χ1) is 5.74. The van der Waals surface area contributed by atoms with Gasteiger partial charge in [0.15, 0.2) is 5.62 Å². The van der Waals surface area contributed by atoms with Crippen LogP contribution < -0.4 is 0 Å². The van der Waals surface area contributed by atoms with Crippen LogP contribution in [-0.2, 0) is 4.79 Å². The predicted molar refractivity (Wildman–Crippen MR) is 45.7 cm³/mol. The van der Waals surface area contributed by atoms with Crippen LogP contribution >= 0.6 is 11.8 Å². The van der Waals surface area contributed by atoms with E-state index in [1.807, 2.05) is 0 Å². The van der Waals surface area contributed by atoms with E-state index in [2.05, 4.69) is 0 Å². The van der Waals surface area contributed by atoms with Gasteiger partial charge in [0.05, 0.1) is 4.92 Å². The zero-order chi connectivity index (χ0) is 8.97. The van der Waals surface area contributed by atoms with E-state index in [4.69, 9.17) is 0 Å². The molecule has 12 heavy (non-hydrogen) atoms. The van der Waals surface area contributed by atoms with Gasteiger partial charge < -0.3 is 0 Å². The average Bonchev–Trinajstić information content (AvgIpc) is 2.06. The maximum absolute atomic E-state index is 10.2. The standard InChI is InChI=1S/C7H5NO3S/c9-5-12-7-3-1-6(2-4-7)8(10)11/h1-5H. The Hall–Kier alpha value is -1.36. The Morgan fingerprint density at radius 3 is 2.33 bits per heavy atom. The highest BCUT2D eigenvalue weighted by Gasteiger charge is 2.02. The Bertz CT molecular complexity index is 296. The van der Waals surface area contributed by atoms with Crippen molar-refractivity contribution in [2.45, 2.75) is 4.90 Å². The molecule has 1 rings (SSSR count). The molecule has 0 saturated carbocycles. The monoisotopic (exact) mass is 183 g/mol. The first kappa shape index (κ1) is 8.73. The number of nitro benzene ring substituents is 1. The van der Waals surface area contributed by atoms with Crippen molar-refractivity contribution < 1.29 is 9.72 Å². The van der Waals surface area contributed by atoms with Crippen molar-refractivity contribution in [2.75, 3.05) is 0 Å². The third kappa shape index (κ3) is 2.06. The van der Waals surface area contributed by atoms with Crippen LogP contribution in [0, 0.1) is 10.1 Å². The van der Waals surface area contributed by atoms with Crippen LogP contribution in [0.4, 0.5) is 5.69 Å². The second-order valence-corrected chi connectivity index (χ2v) is 2.86. The number of non-ortho nitro benzene ring substituents is 1. The Morgan fingerprint density at radius 2 is 1.92 bits per heavy atom. The summed E-state index contributed by atoms with van der Waals surface area (Å²) in [6.45, 7) is 0. The number of rotatable bonds is 3. The first-order valence-electron chi connectivity index (χ1n) is 3.09. The molecule has 4 nitrogen and oxygen atoms in total. The summed E-state index contributed by atoms with van der Waals surface area (Å²) < 4.78 is 0. The molecule has 0 spiro atoms. The SMILES string of the molecule is O=CSc1ccc([N+](=O)[O-])cc1. The van der Waals surface area contributed by atoms with E-state index in [0.717, 1.165) is 11.8 Å². The van der Waals surface area contributed by atoms with E-state index in [0.29, 0.717) is 10.5 Å². The van der Waals surface area contributed by atoms with Crippen molar-refractivity contribution in [2.24, 2.45) is 0 Å². The summed E-state index contributed by atoms with van der Waals surface area (Å²) in [5.74, 6) is 0. The normalized spacial score (nSPS) is 9.33. The van der Waals surface area contributed by atoms with Gasteiger partial charge in [0.1, 0.15) is 0 Å². The van der Waals surface area contributed by atoms with Crippen LogP contribution in [0.1, 0.15) is 0 Å². The van der Waals surface area contributed by atoms with Crippen molar-refractivity contribution in [3.63, 3.8) is 0 Å². The molecular weight excluding hydrogens is 178 g/mol. The Balaban J connectivity index is 2.85. The molecule has 0 aliphatic rings. The molecule has 1 aromatic rings. The number of carbonyl (C=O) groups excluding carboxylic acids is 1. The van der Waals surface area contributed by atoms with Gasteiger partial charge >= 0.3 is 0 Å². The lowest BCUT2D eigenvalue weighted by atomic mass is 10.3. The number of hydrogen-bond donors (Lipinski definition) is 0. The summed E-state index contributed by atoms with van der Waals surface area (Å²) in [5, 5.41) is 10.2. The molecule has 0 heterocycles. The molecule has 0 N–H and O–H groups in total. The molecule has 1 aromatic carbocycles. The van der Waals surface area contributed by atoms with Gasteiger partial charge in [0, 0.05) is 17.0 Å².